The highest BCUT2D eigenvalue weighted by Gasteiger charge is 2.23. The second-order valence-electron chi connectivity index (χ2n) is 2.49. The monoisotopic (exact) mass is 163 g/mol. The summed E-state index contributed by atoms with van der Waals surface area (Å²) in [6.07, 6.45) is 0.817. The molecule has 0 radical (unpaired) electrons. The van der Waals surface area contributed by atoms with Crippen LogP contribution in [0.4, 0.5) is 0 Å². The molecule has 1 aliphatic heterocycles. The van der Waals surface area contributed by atoms with Gasteiger partial charge in [0.1, 0.15) is 9.84 Å². The standard InChI is InChI=1S/C5H9NO3S/c7-6-5-1-3-10(8,9)4-2-5/h5H,1-4H2. The van der Waals surface area contributed by atoms with Gasteiger partial charge in [0.15, 0.2) is 0 Å². The Morgan fingerprint density at radius 1 is 1.20 bits per heavy atom. The highest BCUT2D eigenvalue weighted by molar-refractivity contribution is 7.91. The van der Waals surface area contributed by atoms with E-state index in [0.29, 0.717) is 12.8 Å². The van der Waals surface area contributed by atoms with Crippen LogP contribution in [-0.4, -0.2) is 26.0 Å². The fourth-order valence-electron chi connectivity index (χ4n) is 0.983. The van der Waals surface area contributed by atoms with E-state index >= 15 is 0 Å². The summed E-state index contributed by atoms with van der Waals surface area (Å²) in [5.74, 6) is 0.257. The molecule has 0 bridgehead atoms. The normalized spacial score (nSPS) is 26.0. The van der Waals surface area contributed by atoms with E-state index < -0.39 is 9.84 Å². The maximum absolute atomic E-state index is 10.8. The topological polar surface area (TPSA) is 63.6 Å². The maximum atomic E-state index is 10.8. The van der Waals surface area contributed by atoms with Gasteiger partial charge in [0.05, 0.1) is 17.5 Å². The summed E-state index contributed by atoms with van der Waals surface area (Å²) in [4.78, 5) is 9.93. The Morgan fingerprint density at radius 2 is 1.70 bits per heavy atom. The molecule has 10 heavy (non-hydrogen) atoms. The molecular formula is C5H9NO3S. The second-order valence-corrected chi connectivity index (χ2v) is 4.79. The summed E-state index contributed by atoms with van der Waals surface area (Å²) >= 11 is 0. The SMILES string of the molecule is O=NC1CCS(=O)(=O)CC1. The number of hydrogen-bond acceptors (Lipinski definition) is 4. The Morgan fingerprint density at radius 3 is 2.10 bits per heavy atom. The number of sulfone groups is 1. The lowest BCUT2D eigenvalue weighted by Crippen LogP contribution is -2.25. The van der Waals surface area contributed by atoms with Crippen LogP contribution < -0.4 is 0 Å². The first kappa shape index (κ1) is 7.65. The van der Waals surface area contributed by atoms with Crippen molar-refractivity contribution in [3.8, 4) is 0 Å². The van der Waals surface area contributed by atoms with E-state index in [1.165, 1.54) is 0 Å². The summed E-state index contributed by atoms with van der Waals surface area (Å²) in [6, 6.07) is -0.261. The van der Waals surface area contributed by atoms with Crippen molar-refractivity contribution in [2.45, 2.75) is 18.9 Å². The molecule has 0 N–H and O–H groups in total. The van der Waals surface area contributed by atoms with Gasteiger partial charge < -0.3 is 0 Å². The van der Waals surface area contributed by atoms with Gasteiger partial charge >= 0.3 is 0 Å². The molecule has 0 aromatic heterocycles. The van der Waals surface area contributed by atoms with E-state index in [1.807, 2.05) is 0 Å². The Labute approximate surface area is 59.5 Å². The Balaban J connectivity index is 2.54. The molecule has 5 heteroatoms. The summed E-state index contributed by atoms with van der Waals surface area (Å²) in [7, 11) is -2.82. The van der Waals surface area contributed by atoms with Crippen LogP contribution in [0.15, 0.2) is 5.18 Å². The third-order valence-electron chi connectivity index (χ3n) is 1.67. The molecule has 1 heterocycles. The Kier molecular flexibility index (Phi) is 2.03. The molecular weight excluding hydrogens is 154 g/mol. The van der Waals surface area contributed by atoms with Crippen LogP contribution in [0.5, 0.6) is 0 Å². The van der Waals surface area contributed by atoms with Gasteiger partial charge in [-0.25, -0.2) is 8.42 Å². The molecule has 0 aliphatic carbocycles. The van der Waals surface area contributed by atoms with E-state index in [2.05, 4.69) is 5.18 Å². The van der Waals surface area contributed by atoms with Gasteiger partial charge in [0.2, 0.25) is 0 Å². The van der Waals surface area contributed by atoms with Gasteiger partial charge in [0, 0.05) is 0 Å². The fourth-order valence-corrected chi connectivity index (χ4v) is 2.45. The molecule has 0 amide bonds. The fraction of sp³-hybridized carbons (Fsp3) is 1.00. The van der Waals surface area contributed by atoms with E-state index in [-0.39, 0.29) is 17.5 Å². The van der Waals surface area contributed by atoms with Crippen molar-refractivity contribution in [2.24, 2.45) is 5.18 Å². The van der Waals surface area contributed by atoms with Crippen LogP contribution in [0.2, 0.25) is 0 Å². The zero-order valence-electron chi connectivity index (χ0n) is 5.49. The largest absolute Gasteiger partial charge is 0.229 e. The lowest BCUT2D eigenvalue weighted by atomic mass is 10.2. The lowest BCUT2D eigenvalue weighted by Gasteiger charge is -2.14. The average Bonchev–Trinajstić information content (AvgIpc) is 1.88. The van der Waals surface area contributed by atoms with Crippen molar-refractivity contribution in [3.63, 3.8) is 0 Å². The van der Waals surface area contributed by atoms with Crippen molar-refractivity contribution < 1.29 is 8.42 Å². The zero-order chi connectivity index (χ0) is 7.61. The van der Waals surface area contributed by atoms with E-state index in [4.69, 9.17) is 0 Å². The Hall–Kier alpha value is -0.450. The van der Waals surface area contributed by atoms with E-state index in [1.54, 1.807) is 0 Å². The van der Waals surface area contributed by atoms with Crippen LogP contribution in [0.1, 0.15) is 12.8 Å². The van der Waals surface area contributed by atoms with Crippen LogP contribution >= 0.6 is 0 Å². The third-order valence-corrected chi connectivity index (χ3v) is 3.39. The summed E-state index contributed by atoms with van der Waals surface area (Å²) in [5.41, 5.74) is 0. The smallest absolute Gasteiger partial charge is 0.150 e. The molecule has 58 valence electrons. The minimum Gasteiger partial charge on any atom is -0.229 e. The van der Waals surface area contributed by atoms with Gasteiger partial charge in [-0.1, -0.05) is 5.18 Å². The molecule has 0 spiro atoms. The highest BCUT2D eigenvalue weighted by Crippen LogP contribution is 2.14. The molecule has 0 aromatic carbocycles. The number of nitroso groups, excluding NO2 is 1. The molecule has 0 aromatic rings. The van der Waals surface area contributed by atoms with Gasteiger partial charge in [-0.2, -0.15) is 4.91 Å². The van der Waals surface area contributed by atoms with Crippen molar-refractivity contribution in [1.29, 1.82) is 0 Å². The molecule has 4 nitrogen and oxygen atoms in total. The first-order valence-corrected chi connectivity index (χ1v) is 4.99. The quantitative estimate of drug-likeness (QED) is 0.523. The molecule has 0 atom stereocenters. The second kappa shape index (κ2) is 2.65. The predicted molar refractivity (Wildman–Crippen MR) is 37.5 cm³/mol. The summed E-state index contributed by atoms with van der Waals surface area (Å²) < 4.78 is 21.5. The van der Waals surface area contributed by atoms with Crippen molar-refractivity contribution in [1.82, 2.24) is 0 Å². The lowest BCUT2D eigenvalue weighted by molar-refractivity contribution is 0.546. The van der Waals surface area contributed by atoms with Gasteiger partial charge in [0.25, 0.3) is 0 Å². The van der Waals surface area contributed by atoms with Gasteiger partial charge in [-0.15, -0.1) is 0 Å². The molecule has 0 saturated carbocycles. The van der Waals surface area contributed by atoms with Crippen LogP contribution in [0.25, 0.3) is 0 Å². The molecule has 0 unspecified atom stereocenters. The number of rotatable bonds is 1. The average molecular weight is 163 g/mol. The van der Waals surface area contributed by atoms with Crippen LogP contribution in [0.3, 0.4) is 0 Å². The number of nitrogens with zero attached hydrogens (tertiary/aromatic N) is 1. The third kappa shape index (κ3) is 1.76. The van der Waals surface area contributed by atoms with Crippen molar-refractivity contribution in [2.75, 3.05) is 11.5 Å². The van der Waals surface area contributed by atoms with Crippen LogP contribution in [0, 0.1) is 4.91 Å². The Bertz CT molecular complexity index is 207. The minimum absolute atomic E-state index is 0.128. The minimum atomic E-state index is -2.82. The summed E-state index contributed by atoms with van der Waals surface area (Å²) in [5, 5.41) is 2.80. The summed E-state index contributed by atoms with van der Waals surface area (Å²) in [6.45, 7) is 0. The molecule has 1 fully saturated rings. The molecule has 1 saturated heterocycles. The van der Waals surface area contributed by atoms with Crippen LogP contribution in [-0.2, 0) is 9.84 Å². The molecule has 1 rings (SSSR count). The van der Waals surface area contributed by atoms with Gasteiger partial charge in [-0.05, 0) is 12.8 Å². The predicted octanol–water partition coefficient (Wildman–Crippen LogP) is 0.330. The number of hydrogen-bond donors (Lipinski definition) is 0. The van der Waals surface area contributed by atoms with Gasteiger partial charge in [-0.3, -0.25) is 0 Å². The first-order chi connectivity index (χ1) is 4.64. The van der Waals surface area contributed by atoms with Crippen molar-refractivity contribution in [3.05, 3.63) is 4.91 Å². The van der Waals surface area contributed by atoms with E-state index in [0.717, 1.165) is 0 Å². The van der Waals surface area contributed by atoms with E-state index in [9.17, 15) is 13.3 Å². The zero-order valence-corrected chi connectivity index (χ0v) is 6.30. The van der Waals surface area contributed by atoms with Crippen molar-refractivity contribution >= 4 is 9.84 Å². The first-order valence-electron chi connectivity index (χ1n) is 3.17. The maximum Gasteiger partial charge on any atom is 0.150 e. The molecule has 1 aliphatic rings. The highest BCUT2D eigenvalue weighted by atomic mass is 32.2.